The van der Waals surface area contributed by atoms with Gasteiger partial charge in [0.05, 0.1) is 0 Å². The number of anilines is 1. The Hall–Kier alpha value is -3.30. The summed E-state index contributed by atoms with van der Waals surface area (Å²) in [6.45, 7) is 4.19. The van der Waals surface area contributed by atoms with E-state index in [1.807, 2.05) is 0 Å². The van der Waals surface area contributed by atoms with Crippen LogP contribution in [-0.2, 0) is 14.3 Å². The molecule has 2 amide bonds. The predicted molar refractivity (Wildman–Crippen MR) is 93.3 cm³/mol. The normalized spacial score (nSPS) is 11.8. The van der Waals surface area contributed by atoms with Crippen LogP contribution < -0.4 is 10.6 Å². The number of halogens is 2. The molecule has 8 nitrogen and oxygen atoms in total. The maximum atomic E-state index is 13.7. The topological polar surface area (TPSA) is 111 Å². The van der Waals surface area contributed by atoms with Crippen LogP contribution in [0.15, 0.2) is 28.8 Å². The average molecular weight is 395 g/mol. The van der Waals surface area contributed by atoms with Gasteiger partial charge in [0.15, 0.2) is 12.4 Å². The Morgan fingerprint density at radius 3 is 2.39 bits per heavy atom. The molecule has 0 fully saturated rings. The van der Waals surface area contributed by atoms with E-state index >= 15 is 0 Å². The molecule has 2 aromatic rings. The minimum atomic E-state index is -1.21. The molecule has 0 spiro atoms. The fraction of sp³-hybridized carbons (Fsp3) is 0.333. The molecule has 150 valence electrons. The van der Waals surface area contributed by atoms with Crippen molar-refractivity contribution in [2.45, 2.75) is 26.8 Å². The summed E-state index contributed by atoms with van der Waals surface area (Å²) in [4.78, 5) is 36.2. The Balaban J connectivity index is 1.98. The molecule has 1 atom stereocenters. The van der Waals surface area contributed by atoms with Gasteiger partial charge in [-0.3, -0.25) is 9.59 Å². The second-order valence-electron chi connectivity index (χ2n) is 6.27. The van der Waals surface area contributed by atoms with Gasteiger partial charge >= 0.3 is 5.97 Å². The number of amides is 2. The second kappa shape index (κ2) is 9.07. The van der Waals surface area contributed by atoms with Crippen molar-refractivity contribution >= 4 is 23.6 Å². The Kier molecular flexibility index (Phi) is 6.80. The van der Waals surface area contributed by atoms with Crippen molar-refractivity contribution in [1.29, 1.82) is 0 Å². The number of benzene rings is 1. The number of ether oxygens (including phenoxy) is 1. The zero-order valence-corrected chi connectivity index (χ0v) is 15.4. The summed E-state index contributed by atoms with van der Waals surface area (Å²) in [6.07, 6.45) is 0. The van der Waals surface area contributed by atoms with Gasteiger partial charge in [-0.05, 0) is 25.0 Å². The van der Waals surface area contributed by atoms with E-state index in [9.17, 15) is 23.2 Å². The number of nitrogens with one attached hydrogen (secondary N) is 2. The molecule has 1 heterocycles. The fourth-order valence-electron chi connectivity index (χ4n) is 2.26. The van der Waals surface area contributed by atoms with E-state index in [-0.39, 0.29) is 5.82 Å². The number of carbonyl (C=O) groups is 3. The van der Waals surface area contributed by atoms with Gasteiger partial charge in [-0.15, -0.1) is 0 Å². The summed E-state index contributed by atoms with van der Waals surface area (Å²) in [7, 11) is 0. The van der Waals surface area contributed by atoms with Crippen molar-refractivity contribution in [2.24, 2.45) is 5.92 Å². The Bertz CT molecular complexity index is 862. The molecule has 0 unspecified atom stereocenters. The Labute approximate surface area is 159 Å². The number of hydrogen-bond acceptors (Lipinski definition) is 6. The minimum Gasteiger partial charge on any atom is -0.454 e. The zero-order valence-electron chi connectivity index (χ0n) is 15.4. The number of carbonyl (C=O) groups excluding carboxylic acids is 3. The van der Waals surface area contributed by atoms with Gasteiger partial charge < -0.3 is 19.9 Å². The number of rotatable bonds is 7. The van der Waals surface area contributed by atoms with Gasteiger partial charge in [0.25, 0.3) is 11.8 Å². The predicted octanol–water partition coefficient (Wildman–Crippen LogP) is 2.20. The number of hydrogen-bond donors (Lipinski definition) is 2. The van der Waals surface area contributed by atoms with Crippen LogP contribution in [0.3, 0.4) is 0 Å². The quantitative estimate of drug-likeness (QED) is 0.696. The van der Waals surface area contributed by atoms with E-state index in [4.69, 9.17) is 9.26 Å². The van der Waals surface area contributed by atoms with Crippen LogP contribution in [0, 0.1) is 24.5 Å². The van der Waals surface area contributed by atoms with Crippen molar-refractivity contribution < 1.29 is 32.4 Å². The summed E-state index contributed by atoms with van der Waals surface area (Å²) in [5.41, 5.74) is -0.805. The summed E-state index contributed by atoms with van der Waals surface area (Å²) >= 11 is 0. The fourth-order valence-corrected chi connectivity index (χ4v) is 2.26. The van der Waals surface area contributed by atoms with Gasteiger partial charge in [-0.1, -0.05) is 25.1 Å². The second-order valence-corrected chi connectivity index (χ2v) is 6.27. The highest BCUT2D eigenvalue weighted by atomic mass is 19.1. The van der Waals surface area contributed by atoms with E-state index in [1.165, 1.54) is 6.07 Å². The lowest BCUT2D eigenvalue weighted by atomic mass is 10.0. The SMILES string of the molecule is Cc1cc(NC(=O)COC(=O)[C@@H](NC(=O)c2c(F)cccc2F)C(C)C)no1. The highest BCUT2D eigenvalue weighted by Gasteiger charge is 2.29. The molecule has 10 heteroatoms. The maximum absolute atomic E-state index is 13.7. The molecule has 28 heavy (non-hydrogen) atoms. The molecule has 1 aromatic heterocycles. The molecular weight excluding hydrogens is 376 g/mol. The standard InChI is InChI=1S/C18H19F2N3O5/c1-9(2)16(22-17(25)15-11(19)5-4-6-12(15)20)18(26)27-8-14(24)21-13-7-10(3)28-23-13/h4-7,9,16H,8H2,1-3H3,(H,22,25)(H,21,23,24)/t16-/m0/s1. The molecule has 0 aliphatic rings. The number of nitrogens with zero attached hydrogens (tertiary/aromatic N) is 1. The third kappa shape index (κ3) is 5.35. The van der Waals surface area contributed by atoms with E-state index in [0.29, 0.717) is 5.76 Å². The van der Waals surface area contributed by atoms with E-state index in [2.05, 4.69) is 15.8 Å². The molecule has 0 aliphatic heterocycles. The first-order valence-electron chi connectivity index (χ1n) is 8.33. The molecule has 0 bridgehead atoms. The lowest BCUT2D eigenvalue weighted by Crippen LogP contribution is -2.46. The minimum absolute atomic E-state index is 0.155. The van der Waals surface area contributed by atoms with Crippen LogP contribution >= 0.6 is 0 Å². The van der Waals surface area contributed by atoms with Crippen LogP contribution in [0.25, 0.3) is 0 Å². The van der Waals surface area contributed by atoms with Crippen molar-refractivity contribution in [3.8, 4) is 0 Å². The molecule has 0 saturated heterocycles. The van der Waals surface area contributed by atoms with Crippen LogP contribution in [0.4, 0.5) is 14.6 Å². The Morgan fingerprint density at radius 2 is 1.86 bits per heavy atom. The number of aromatic nitrogens is 1. The van der Waals surface area contributed by atoms with Gasteiger partial charge in [0.2, 0.25) is 0 Å². The number of esters is 1. The van der Waals surface area contributed by atoms with Crippen LogP contribution in [-0.4, -0.2) is 35.6 Å². The monoisotopic (exact) mass is 395 g/mol. The average Bonchev–Trinajstić information content (AvgIpc) is 3.02. The zero-order chi connectivity index (χ0) is 20.8. The van der Waals surface area contributed by atoms with E-state index < -0.39 is 53.5 Å². The van der Waals surface area contributed by atoms with Gasteiger partial charge in [0, 0.05) is 6.07 Å². The van der Waals surface area contributed by atoms with Gasteiger partial charge in [0.1, 0.15) is 29.0 Å². The van der Waals surface area contributed by atoms with Crippen LogP contribution in [0.5, 0.6) is 0 Å². The Morgan fingerprint density at radius 1 is 1.21 bits per heavy atom. The first kappa shape index (κ1) is 21.0. The maximum Gasteiger partial charge on any atom is 0.329 e. The summed E-state index contributed by atoms with van der Waals surface area (Å²) in [5.74, 6) is -4.65. The van der Waals surface area contributed by atoms with Gasteiger partial charge in [-0.2, -0.15) is 0 Å². The summed E-state index contributed by atoms with van der Waals surface area (Å²) in [6, 6.07) is 3.23. The lowest BCUT2D eigenvalue weighted by Gasteiger charge is -2.21. The smallest absolute Gasteiger partial charge is 0.329 e. The molecule has 2 N–H and O–H groups in total. The molecule has 0 aliphatic carbocycles. The van der Waals surface area contributed by atoms with E-state index in [1.54, 1.807) is 20.8 Å². The lowest BCUT2D eigenvalue weighted by molar-refractivity contribution is -0.150. The van der Waals surface area contributed by atoms with E-state index in [0.717, 1.165) is 18.2 Å². The van der Waals surface area contributed by atoms with Gasteiger partial charge in [-0.25, -0.2) is 13.6 Å². The first-order valence-corrected chi connectivity index (χ1v) is 8.33. The molecule has 0 radical (unpaired) electrons. The van der Waals surface area contributed by atoms with Crippen LogP contribution in [0.2, 0.25) is 0 Å². The van der Waals surface area contributed by atoms with Crippen molar-refractivity contribution in [3.05, 3.63) is 47.2 Å². The molecule has 2 rings (SSSR count). The highest BCUT2D eigenvalue weighted by Crippen LogP contribution is 2.14. The van der Waals surface area contributed by atoms with Crippen molar-refractivity contribution in [2.75, 3.05) is 11.9 Å². The third-order valence-corrected chi connectivity index (χ3v) is 3.64. The third-order valence-electron chi connectivity index (χ3n) is 3.64. The highest BCUT2D eigenvalue weighted by molar-refractivity contribution is 5.98. The summed E-state index contributed by atoms with van der Waals surface area (Å²) in [5, 5.41) is 8.16. The first-order chi connectivity index (χ1) is 13.2. The number of aryl methyl sites for hydroxylation is 1. The van der Waals surface area contributed by atoms with Crippen molar-refractivity contribution in [3.63, 3.8) is 0 Å². The largest absolute Gasteiger partial charge is 0.454 e. The van der Waals surface area contributed by atoms with Crippen molar-refractivity contribution in [1.82, 2.24) is 10.5 Å². The van der Waals surface area contributed by atoms with Crippen LogP contribution in [0.1, 0.15) is 30.0 Å². The molecular formula is C18H19F2N3O5. The molecule has 0 saturated carbocycles. The summed E-state index contributed by atoms with van der Waals surface area (Å²) < 4.78 is 37.1. The molecule has 1 aromatic carbocycles.